The zero-order chi connectivity index (χ0) is 17.2. The van der Waals surface area contributed by atoms with E-state index in [4.69, 9.17) is 4.74 Å². The summed E-state index contributed by atoms with van der Waals surface area (Å²) in [5, 5.41) is 16.0. The van der Waals surface area contributed by atoms with Crippen molar-refractivity contribution in [3.05, 3.63) is 42.0 Å². The van der Waals surface area contributed by atoms with Crippen LogP contribution in [0, 0.1) is 5.41 Å². The van der Waals surface area contributed by atoms with Crippen LogP contribution >= 0.6 is 0 Å². The summed E-state index contributed by atoms with van der Waals surface area (Å²) in [5.41, 5.74) is 0.922. The molecular formula is C20H28N2O2. The van der Waals surface area contributed by atoms with Crippen LogP contribution in [0.15, 0.2) is 36.4 Å². The van der Waals surface area contributed by atoms with Crippen LogP contribution in [0.25, 0.3) is 10.8 Å². The van der Waals surface area contributed by atoms with Crippen molar-refractivity contribution in [3.63, 3.8) is 0 Å². The molecule has 1 saturated heterocycles. The van der Waals surface area contributed by atoms with E-state index < -0.39 is 0 Å². The molecule has 1 fully saturated rings. The first-order valence-electron chi connectivity index (χ1n) is 8.70. The molecule has 0 aliphatic carbocycles. The molecule has 0 amide bonds. The molecule has 1 aliphatic heterocycles. The van der Waals surface area contributed by atoms with E-state index in [-0.39, 0.29) is 18.1 Å². The molecule has 0 unspecified atom stereocenters. The molecule has 24 heavy (non-hydrogen) atoms. The summed E-state index contributed by atoms with van der Waals surface area (Å²) < 4.78 is 5.74. The second-order valence-electron chi connectivity index (χ2n) is 7.24. The number of nitrogens with one attached hydrogen (secondary N) is 1. The third-order valence-corrected chi connectivity index (χ3v) is 5.09. The molecular weight excluding hydrogens is 300 g/mol. The number of ether oxygens (including phenoxy) is 1. The minimum absolute atomic E-state index is 0.102. The third-order valence-electron chi connectivity index (χ3n) is 5.09. The second-order valence-corrected chi connectivity index (χ2v) is 7.24. The van der Waals surface area contributed by atoms with Gasteiger partial charge in [0.25, 0.3) is 0 Å². The summed E-state index contributed by atoms with van der Waals surface area (Å²) in [6.07, 6.45) is 0. The van der Waals surface area contributed by atoms with Gasteiger partial charge in [0.2, 0.25) is 0 Å². The number of benzene rings is 2. The Bertz CT molecular complexity index is 693. The smallest absolute Gasteiger partial charge is 0.124 e. The first-order valence-corrected chi connectivity index (χ1v) is 8.70. The number of piperazine rings is 1. The molecule has 2 N–H and O–H groups in total. The van der Waals surface area contributed by atoms with Gasteiger partial charge in [0.05, 0.1) is 7.11 Å². The van der Waals surface area contributed by atoms with Crippen molar-refractivity contribution in [2.24, 2.45) is 5.41 Å². The molecule has 130 valence electrons. The quantitative estimate of drug-likeness (QED) is 0.886. The van der Waals surface area contributed by atoms with E-state index >= 15 is 0 Å². The van der Waals surface area contributed by atoms with Gasteiger partial charge in [-0.15, -0.1) is 0 Å². The summed E-state index contributed by atoms with van der Waals surface area (Å²) in [6.45, 7) is 8.31. The lowest BCUT2D eigenvalue weighted by Crippen LogP contribution is -2.49. The Kier molecular flexibility index (Phi) is 5.09. The first-order chi connectivity index (χ1) is 11.6. The number of hydrogen-bond acceptors (Lipinski definition) is 4. The molecule has 0 saturated carbocycles. The zero-order valence-corrected chi connectivity index (χ0v) is 14.9. The zero-order valence-electron chi connectivity index (χ0n) is 14.9. The SMILES string of the molecule is COc1ccc2ccccc2c1[C@H](N1CCNCC1)C(C)(C)CO. The number of rotatable bonds is 5. The monoisotopic (exact) mass is 328 g/mol. The highest BCUT2D eigenvalue weighted by Crippen LogP contribution is 2.45. The second kappa shape index (κ2) is 7.09. The molecule has 1 heterocycles. The standard InChI is InChI=1S/C20H28N2O2/c1-20(2,14-23)19(22-12-10-21-11-13-22)18-16-7-5-4-6-15(16)8-9-17(18)24-3/h4-9,19,21,23H,10-14H2,1-3H3/t19-/m0/s1. The Labute approximate surface area is 144 Å². The van der Waals surface area contributed by atoms with Crippen LogP contribution in [0.3, 0.4) is 0 Å². The Morgan fingerprint density at radius 2 is 1.88 bits per heavy atom. The van der Waals surface area contributed by atoms with Crippen molar-refractivity contribution >= 4 is 10.8 Å². The van der Waals surface area contributed by atoms with Crippen LogP contribution in [0.2, 0.25) is 0 Å². The molecule has 3 rings (SSSR count). The average molecular weight is 328 g/mol. The molecule has 2 aromatic rings. The number of hydrogen-bond donors (Lipinski definition) is 2. The van der Waals surface area contributed by atoms with Gasteiger partial charge in [-0.3, -0.25) is 4.90 Å². The Morgan fingerprint density at radius 1 is 1.17 bits per heavy atom. The first kappa shape index (κ1) is 17.2. The molecule has 2 aromatic carbocycles. The van der Waals surface area contributed by atoms with E-state index in [9.17, 15) is 5.11 Å². The molecule has 0 radical (unpaired) electrons. The lowest BCUT2D eigenvalue weighted by Gasteiger charge is -2.44. The molecule has 4 nitrogen and oxygen atoms in total. The number of nitrogens with zero attached hydrogens (tertiary/aromatic N) is 1. The summed E-state index contributed by atoms with van der Waals surface area (Å²) >= 11 is 0. The summed E-state index contributed by atoms with van der Waals surface area (Å²) in [5.74, 6) is 0.902. The van der Waals surface area contributed by atoms with E-state index in [1.807, 2.05) is 0 Å². The van der Waals surface area contributed by atoms with Crippen molar-refractivity contribution in [1.82, 2.24) is 10.2 Å². The van der Waals surface area contributed by atoms with Crippen molar-refractivity contribution in [2.45, 2.75) is 19.9 Å². The van der Waals surface area contributed by atoms with Crippen LogP contribution in [-0.4, -0.2) is 49.9 Å². The van der Waals surface area contributed by atoms with Crippen LogP contribution < -0.4 is 10.1 Å². The lowest BCUT2D eigenvalue weighted by atomic mass is 9.78. The van der Waals surface area contributed by atoms with Crippen molar-refractivity contribution in [3.8, 4) is 5.75 Å². The number of aliphatic hydroxyl groups is 1. The number of methoxy groups -OCH3 is 1. The van der Waals surface area contributed by atoms with E-state index in [1.165, 1.54) is 16.3 Å². The molecule has 4 heteroatoms. The summed E-state index contributed by atoms with van der Waals surface area (Å²) in [6, 6.07) is 12.7. The van der Waals surface area contributed by atoms with Crippen LogP contribution in [0.5, 0.6) is 5.75 Å². The molecule has 0 aromatic heterocycles. The van der Waals surface area contributed by atoms with Gasteiger partial charge >= 0.3 is 0 Å². The van der Waals surface area contributed by atoms with Crippen molar-refractivity contribution in [1.29, 1.82) is 0 Å². The van der Waals surface area contributed by atoms with Gasteiger partial charge in [-0.2, -0.15) is 0 Å². The van der Waals surface area contributed by atoms with Crippen molar-refractivity contribution < 1.29 is 9.84 Å². The van der Waals surface area contributed by atoms with Gasteiger partial charge in [0.1, 0.15) is 5.75 Å². The Morgan fingerprint density at radius 3 is 2.54 bits per heavy atom. The average Bonchev–Trinajstić information content (AvgIpc) is 2.63. The van der Waals surface area contributed by atoms with Gasteiger partial charge in [-0.1, -0.05) is 44.2 Å². The largest absolute Gasteiger partial charge is 0.496 e. The van der Waals surface area contributed by atoms with E-state index in [2.05, 4.69) is 60.5 Å². The summed E-state index contributed by atoms with van der Waals surface area (Å²) in [7, 11) is 1.73. The maximum Gasteiger partial charge on any atom is 0.124 e. The third kappa shape index (κ3) is 3.14. The predicted octanol–water partition coefficient (Wildman–Crippen LogP) is 2.81. The lowest BCUT2D eigenvalue weighted by molar-refractivity contribution is 0.0301. The van der Waals surface area contributed by atoms with Gasteiger partial charge in [0, 0.05) is 49.8 Å². The van der Waals surface area contributed by atoms with E-state index in [1.54, 1.807) is 7.11 Å². The Balaban J connectivity index is 2.21. The minimum Gasteiger partial charge on any atom is -0.496 e. The van der Waals surface area contributed by atoms with Gasteiger partial charge in [-0.05, 0) is 16.8 Å². The Hall–Kier alpha value is -1.62. The van der Waals surface area contributed by atoms with Crippen LogP contribution in [0.1, 0.15) is 25.5 Å². The molecule has 0 bridgehead atoms. The van der Waals surface area contributed by atoms with E-state index in [0.29, 0.717) is 0 Å². The van der Waals surface area contributed by atoms with Crippen LogP contribution in [-0.2, 0) is 0 Å². The topological polar surface area (TPSA) is 44.7 Å². The van der Waals surface area contributed by atoms with Gasteiger partial charge in [-0.25, -0.2) is 0 Å². The number of fused-ring (bicyclic) bond motifs is 1. The molecule has 1 aliphatic rings. The minimum atomic E-state index is -0.269. The molecule has 1 atom stereocenters. The maximum absolute atomic E-state index is 10.1. The fraction of sp³-hybridized carbons (Fsp3) is 0.500. The van der Waals surface area contributed by atoms with E-state index in [0.717, 1.165) is 31.9 Å². The maximum atomic E-state index is 10.1. The fourth-order valence-electron chi connectivity index (χ4n) is 3.83. The number of aliphatic hydroxyl groups excluding tert-OH is 1. The highest BCUT2D eigenvalue weighted by atomic mass is 16.5. The van der Waals surface area contributed by atoms with Crippen LogP contribution in [0.4, 0.5) is 0 Å². The normalized spacial score (nSPS) is 17.8. The highest BCUT2D eigenvalue weighted by molar-refractivity contribution is 5.88. The van der Waals surface area contributed by atoms with Gasteiger partial charge in [0.15, 0.2) is 0 Å². The van der Waals surface area contributed by atoms with Crippen molar-refractivity contribution in [2.75, 3.05) is 39.9 Å². The fourth-order valence-corrected chi connectivity index (χ4v) is 3.83. The summed E-state index contributed by atoms with van der Waals surface area (Å²) in [4.78, 5) is 2.48. The predicted molar refractivity (Wildman–Crippen MR) is 98.6 cm³/mol. The van der Waals surface area contributed by atoms with Gasteiger partial charge < -0.3 is 15.2 Å². The highest BCUT2D eigenvalue weighted by Gasteiger charge is 2.38. The molecule has 0 spiro atoms.